The molecular weight excluding hydrogens is 186 g/mol. The molecule has 0 saturated heterocycles. The quantitative estimate of drug-likeness (QED) is 0.566. The predicted octanol–water partition coefficient (Wildman–Crippen LogP) is 1.38. The summed E-state index contributed by atoms with van der Waals surface area (Å²) in [5.41, 5.74) is 0. The molecule has 1 aromatic carbocycles. The van der Waals surface area contributed by atoms with E-state index >= 15 is 0 Å². The molecule has 0 aliphatic rings. The van der Waals surface area contributed by atoms with E-state index in [0.29, 0.717) is 0 Å². The van der Waals surface area contributed by atoms with E-state index in [2.05, 4.69) is 4.84 Å². The van der Waals surface area contributed by atoms with Crippen LogP contribution in [0.5, 0.6) is 11.5 Å². The fraction of sp³-hybridized carbons (Fsp3) is 0. The van der Waals surface area contributed by atoms with Gasteiger partial charge in [0.2, 0.25) is 0 Å². The van der Waals surface area contributed by atoms with Gasteiger partial charge >= 0.3 is 0 Å². The molecule has 0 heterocycles. The zero-order chi connectivity index (χ0) is 8.27. The van der Waals surface area contributed by atoms with E-state index in [-0.39, 0.29) is 23.9 Å². The highest BCUT2D eigenvalue weighted by Crippen LogP contribution is 2.17. The largest absolute Gasteiger partial charge is 0.508 e. The maximum absolute atomic E-state index is 9.78. The molecule has 0 aromatic heterocycles. The molecule has 5 nitrogen and oxygen atoms in total. The van der Waals surface area contributed by atoms with Crippen molar-refractivity contribution in [2.24, 2.45) is 0 Å². The van der Waals surface area contributed by atoms with E-state index in [1.165, 1.54) is 18.2 Å². The van der Waals surface area contributed by atoms with Crippen molar-refractivity contribution in [2.45, 2.75) is 0 Å². The maximum Gasteiger partial charge on any atom is 0.299 e. The number of hydrogen-bond donors (Lipinski definition) is 1. The lowest BCUT2D eigenvalue weighted by Gasteiger charge is -1.96. The number of aromatic hydroxyl groups is 1. The van der Waals surface area contributed by atoms with Crippen molar-refractivity contribution in [1.82, 2.24) is 0 Å². The Morgan fingerprint density at radius 2 is 2.17 bits per heavy atom. The number of phenols is 1. The molecule has 0 spiro atoms. The molecule has 1 aromatic rings. The van der Waals surface area contributed by atoms with E-state index in [0.717, 1.165) is 6.07 Å². The highest BCUT2D eigenvalue weighted by molar-refractivity contribution is 5.85. The van der Waals surface area contributed by atoms with Crippen LogP contribution in [0.1, 0.15) is 0 Å². The standard InChI is InChI=1S/C6H5NO4.ClH/c8-5-2-1-3-6(4-5)11-7(9)10;/h1-4,8H;1H. The summed E-state index contributed by atoms with van der Waals surface area (Å²) in [5, 5.41) is 17.7. The van der Waals surface area contributed by atoms with Crippen molar-refractivity contribution in [3.63, 3.8) is 0 Å². The fourth-order valence-electron chi connectivity index (χ4n) is 0.626. The molecule has 0 radical (unpaired) electrons. The summed E-state index contributed by atoms with van der Waals surface area (Å²) in [4.78, 5) is 13.8. The van der Waals surface area contributed by atoms with Gasteiger partial charge in [0.1, 0.15) is 11.5 Å². The summed E-state index contributed by atoms with van der Waals surface area (Å²) in [6.07, 6.45) is 0. The van der Waals surface area contributed by atoms with Gasteiger partial charge in [0, 0.05) is 6.07 Å². The Hall–Kier alpha value is -1.49. The first-order chi connectivity index (χ1) is 5.18. The first-order valence-electron chi connectivity index (χ1n) is 2.80. The monoisotopic (exact) mass is 191 g/mol. The number of phenolic OH excluding ortho intramolecular Hbond substituents is 1. The minimum atomic E-state index is -0.936. The van der Waals surface area contributed by atoms with Crippen LogP contribution in [-0.2, 0) is 0 Å². The van der Waals surface area contributed by atoms with Crippen LogP contribution in [0.15, 0.2) is 24.3 Å². The van der Waals surface area contributed by atoms with E-state index < -0.39 is 5.09 Å². The average molecular weight is 192 g/mol. The van der Waals surface area contributed by atoms with E-state index in [1.54, 1.807) is 0 Å². The SMILES string of the molecule is Cl.O=[N+]([O-])Oc1cccc(O)c1. The summed E-state index contributed by atoms with van der Waals surface area (Å²) < 4.78 is 0. The van der Waals surface area contributed by atoms with Crippen molar-refractivity contribution >= 4 is 12.4 Å². The normalized spacial score (nSPS) is 8.33. The minimum Gasteiger partial charge on any atom is -0.508 e. The Bertz CT molecular complexity index is 278. The lowest BCUT2D eigenvalue weighted by atomic mass is 10.3. The first kappa shape index (κ1) is 10.5. The molecule has 66 valence electrons. The molecule has 0 aliphatic heterocycles. The molecule has 12 heavy (non-hydrogen) atoms. The smallest absolute Gasteiger partial charge is 0.299 e. The van der Waals surface area contributed by atoms with E-state index in [1.807, 2.05) is 0 Å². The Morgan fingerprint density at radius 1 is 1.50 bits per heavy atom. The van der Waals surface area contributed by atoms with Gasteiger partial charge in [-0.1, -0.05) is 6.07 Å². The third kappa shape index (κ3) is 3.07. The van der Waals surface area contributed by atoms with Crippen LogP contribution >= 0.6 is 12.4 Å². The van der Waals surface area contributed by atoms with Crippen molar-refractivity contribution in [2.75, 3.05) is 0 Å². The van der Waals surface area contributed by atoms with Crippen molar-refractivity contribution in [3.05, 3.63) is 34.4 Å². The highest BCUT2D eigenvalue weighted by Gasteiger charge is 1.98. The van der Waals surface area contributed by atoms with Gasteiger partial charge in [-0.3, -0.25) is 4.84 Å². The molecule has 6 heteroatoms. The summed E-state index contributed by atoms with van der Waals surface area (Å²) in [6.45, 7) is 0. The van der Waals surface area contributed by atoms with Crippen molar-refractivity contribution in [1.29, 1.82) is 0 Å². The predicted molar refractivity (Wildman–Crippen MR) is 43.0 cm³/mol. The lowest BCUT2D eigenvalue weighted by Crippen LogP contribution is -2.02. The summed E-state index contributed by atoms with van der Waals surface area (Å²) >= 11 is 0. The molecule has 0 aliphatic carbocycles. The fourth-order valence-corrected chi connectivity index (χ4v) is 0.626. The second-order valence-electron chi connectivity index (χ2n) is 1.81. The van der Waals surface area contributed by atoms with Crippen LogP contribution in [-0.4, -0.2) is 10.2 Å². The van der Waals surface area contributed by atoms with Gasteiger partial charge in [-0.25, -0.2) is 0 Å². The van der Waals surface area contributed by atoms with Crippen LogP contribution in [0.2, 0.25) is 0 Å². The number of rotatable bonds is 2. The summed E-state index contributed by atoms with van der Waals surface area (Å²) in [5.74, 6) is -0.0562. The van der Waals surface area contributed by atoms with E-state index in [9.17, 15) is 10.1 Å². The van der Waals surface area contributed by atoms with Gasteiger partial charge in [0.25, 0.3) is 5.09 Å². The van der Waals surface area contributed by atoms with Crippen LogP contribution < -0.4 is 4.84 Å². The topological polar surface area (TPSA) is 72.6 Å². The van der Waals surface area contributed by atoms with Gasteiger partial charge in [-0.05, 0) is 12.1 Å². The Balaban J connectivity index is 0.00000121. The van der Waals surface area contributed by atoms with Crippen LogP contribution in [0.3, 0.4) is 0 Å². The molecular formula is C6H6ClNO4. The molecule has 1 rings (SSSR count). The molecule has 0 atom stereocenters. The number of nitrogens with zero attached hydrogens (tertiary/aromatic N) is 1. The molecule has 0 fully saturated rings. The zero-order valence-electron chi connectivity index (χ0n) is 5.84. The highest BCUT2D eigenvalue weighted by atomic mass is 35.5. The zero-order valence-corrected chi connectivity index (χ0v) is 6.65. The maximum atomic E-state index is 9.78. The molecule has 0 unspecified atom stereocenters. The van der Waals surface area contributed by atoms with Crippen LogP contribution in [0, 0.1) is 10.1 Å². The average Bonchev–Trinajstić information content (AvgIpc) is 1.85. The molecule has 0 bridgehead atoms. The second kappa shape index (κ2) is 4.40. The van der Waals surface area contributed by atoms with Crippen molar-refractivity contribution < 1.29 is 15.0 Å². The summed E-state index contributed by atoms with van der Waals surface area (Å²) in [7, 11) is 0. The number of halogens is 1. The van der Waals surface area contributed by atoms with Gasteiger partial charge in [-0.15, -0.1) is 22.5 Å². The van der Waals surface area contributed by atoms with Gasteiger partial charge < -0.3 is 5.11 Å². The Morgan fingerprint density at radius 3 is 2.67 bits per heavy atom. The van der Waals surface area contributed by atoms with Crippen LogP contribution in [0.25, 0.3) is 0 Å². The molecule has 0 amide bonds. The van der Waals surface area contributed by atoms with Gasteiger partial charge in [0.15, 0.2) is 0 Å². The second-order valence-corrected chi connectivity index (χ2v) is 1.81. The summed E-state index contributed by atoms with van der Waals surface area (Å²) in [6, 6.07) is 5.38. The lowest BCUT2D eigenvalue weighted by molar-refractivity contribution is -0.711. The Kier molecular flexibility index (Phi) is 3.85. The Labute approximate surface area is 74.1 Å². The first-order valence-corrected chi connectivity index (χ1v) is 2.80. The third-order valence-electron chi connectivity index (χ3n) is 0.998. The van der Waals surface area contributed by atoms with Crippen molar-refractivity contribution in [3.8, 4) is 11.5 Å². The molecule has 0 saturated carbocycles. The van der Waals surface area contributed by atoms with Gasteiger partial charge in [-0.2, -0.15) is 0 Å². The number of hydrogen-bond acceptors (Lipinski definition) is 4. The number of benzene rings is 1. The third-order valence-corrected chi connectivity index (χ3v) is 0.998. The van der Waals surface area contributed by atoms with E-state index in [4.69, 9.17) is 5.11 Å². The molecule has 1 N–H and O–H groups in total. The van der Waals surface area contributed by atoms with Gasteiger partial charge in [0.05, 0.1) is 0 Å². The minimum absolute atomic E-state index is 0. The van der Waals surface area contributed by atoms with Crippen LogP contribution in [0.4, 0.5) is 0 Å².